The van der Waals surface area contributed by atoms with Crippen LogP contribution in [0, 0.1) is 0 Å². The molecule has 6 nitrogen and oxygen atoms in total. The molecule has 1 N–H and O–H groups in total. The number of methoxy groups -OCH3 is 1. The molecule has 1 aliphatic rings. The van der Waals surface area contributed by atoms with Crippen molar-refractivity contribution in [3.63, 3.8) is 0 Å². The Labute approximate surface area is 142 Å². The molecule has 126 valence electrons. The van der Waals surface area contributed by atoms with Gasteiger partial charge in [-0.3, -0.25) is 9.97 Å². The van der Waals surface area contributed by atoms with Gasteiger partial charge < -0.3 is 19.2 Å². The van der Waals surface area contributed by atoms with Gasteiger partial charge in [0.2, 0.25) is 0 Å². The summed E-state index contributed by atoms with van der Waals surface area (Å²) in [4.78, 5) is 8.76. The molecule has 1 fully saturated rings. The van der Waals surface area contributed by atoms with Gasteiger partial charge in [-0.05, 0) is 24.4 Å². The minimum atomic E-state index is -0.688. The van der Waals surface area contributed by atoms with Crippen molar-refractivity contribution < 1.29 is 19.2 Å². The van der Waals surface area contributed by atoms with Gasteiger partial charge in [0.15, 0.2) is 11.5 Å². The van der Waals surface area contributed by atoms with Crippen molar-refractivity contribution in [2.75, 3.05) is 20.3 Å². The van der Waals surface area contributed by atoms with Crippen LogP contribution in [-0.2, 0) is 4.65 Å². The number of ether oxygens (including phenoxy) is 2. The maximum absolute atomic E-state index is 9.54. The number of aromatic nitrogens is 2. The van der Waals surface area contributed by atoms with Crippen LogP contribution in [-0.4, -0.2) is 42.4 Å². The molecule has 7 heteroatoms. The van der Waals surface area contributed by atoms with Crippen molar-refractivity contribution in [2.45, 2.75) is 25.6 Å². The average molecular weight is 328 g/mol. The second kappa shape index (κ2) is 7.64. The highest BCUT2D eigenvalue weighted by Gasteiger charge is 2.30. The maximum atomic E-state index is 9.54. The van der Waals surface area contributed by atoms with Crippen LogP contribution in [0.25, 0.3) is 11.3 Å². The minimum Gasteiger partial charge on any atom is -0.491 e. The molecule has 0 spiro atoms. The zero-order valence-electron chi connectivity index (χ0n) is 13.9. The quantitative estimate of drug-likeness (QED) is 0.822. The molecule has 3 rings (SSSR count). The SMILES string of the molecule is CCCOc1cc(-c2cncc([C@H]3COB(O)C3)c2)ncc1OC. The molecule has 0 aromatic carbocycles. The monoisotopic (exact) mass is 328 g/mol. The molecule has 0 aliphatic carbocycles. The Kier molecular flexibility index (Phi) is 5.32. The van der Waals surface area contributed by atoms with E-state index < -0.39 is 7.12 Å². The summed E-state index contributed by atoms with van der Waals surface area (Å²) in [7, 11) is 0.912. The van der Waals surface area contributed by atoms with Crippen LogP contribution in [0.1, 0.15) is 24.8 Å². The molecule has 1 aliphatic heterocycles. The van der Waals surface area contributed by atoms with E-state index in [0.29, 0.717) is 31.0 Å². The predicted molar refractivity (Wildman–Crippen MR) is 91.3 cm³/mol. The lowest BCUT2D eigenvalue weighted by molar-refractivity contribution is 0.292. The third-order valence-electron chi connectivity index (χ3n) is 4.02. The number of nitrogens with zero attached hydrogens (tertiary/aromatic N) is 2. The average Bonchev–Trinajstić information content (AvgIpc) is 3.06. The first kappa shape index (κ1) is 16.7. The van der Waals surface area contributed by atoms with Crippen LogP contribution in [0.2, 0.25) is 6.32 Å². The van der Waals surface area contributed by atoms with Gasteiger partial charge in [0.25, 0.3) is 0 Å². The topological polar surface area (TPSA) is 73.7 Å². The van der Waals surface area contributed by atoms with E-state index >= 15 is 0 Å². The van der Waals surface area contributed by atoms with Gasteiger partial charge in [-0.2, -0.15) is 0 Å². The number of pyridine rings is 2. The van der Waals surface area contributed by atoms with Gasteiger partial charge in [0.05, 0.1) is 25.6 Å². The third kappa shape index (κ3) is 3.68. The van der Waals surface area contributed by atoms with E-state index in [9.17, 15) is 5.02 Å². The lowest BCUT2D eigenvalue weighted by Gasteiger charge is -2.12. The van der Waals surface area contributed by atoms with Crippen LogP contribution in [0.5, 0.6) is 11.5 Å². The Morgan fingerprint density at radius 3 is 2.88 bits per heavy atom. The maximum Gasteiger partial charge on any atom is 0.454 e. The normalized spacial score (nSPS) is 17.1. The van der Waals surface area contributed by atoms with Crippen molar-refractivity contribution in [2.24, 2.45) is 0 Å². The second-order valence-electron chi connectivity index (χ2n) is 5.80. The van der Waals surface area contributed by atoms with Crippen LogP contribution in [0.3, 0.4) is 0 Å². The Morgan fingerprint density at radius 1 is 1.29 bits per heavy atom. The van der Waals surface area contributed by atoms with E-state index in [1.165, 1.54) is 0 Å². The molecule has 3 heterocycles. The highest BCUT2D eigenvalue weighted by molar-refractivity contribution is 6.43. The van der Waals surface area contributed by atoms with Crippen molar-refractivity contribution in [1.82, 2.24) is 9.97 Å². The smallest absolute Gasteiger partial charge is 0.454 e. The van der Waals surface area contributed by atoms with E-state index in [1.807, 2.05) is 18.3 Å². The first-order valence-electron chi connectivity index (χ1n) is 8.13. The molecule has 2 aromatic rings. The first-order chi connectivity index (χ1) is 11.7. The highest BCUT2D eigenvalue weighted by Crippen LogP contribution is 2.33. The van der Waals surface area contributed by atoms with Crippen LogP contribution < -0.4 is 9.47 Å². The fourth-order valence-corrected chi connectivity index (χ4v) is 2.72. The zero-order valence-corrected chi connectivity index (χ0v) is 13.9. The summed E-state index contributed by atoms with van der Waals surface area (Å²) in [5.41, 5.74) is 2.71. The van der Waals surface area contributed by atoms with E-state index in [4.69, 9.17) is 14.1 Å². The summed E-state index contributed by atoms with van der Waals surface area (Å²) in [5, 5.41) is 9.54. The summed E-state index contributed by atoms with van der Waals surface area (Å²) >= 11 is 0. The fourth-order valence-electron chi connectivity index (χ4n) is 2.72. The van der Waals surface area contributed by atoms with E-state index in [2.05, 4.69) is 16.9 Å². The van der Waals surface area contributed by atoms with Crippen LogP contribution in [0.4, 0.5) is 0 Å². The zero-order chi connectivity index (χ0) is 16.9. The van der Waals surface area contributed by atoms with Gasteiger partial charge in [-0.1, -0.05) is 6.92 Å². The molecule has 1 saturated heterocycles. The van der Waals surface area contributed by atoms with Crippen molar-refractivity contribution in [3.05, 3.63) is 36.3 Å². The second-order valence-corrected chi connectivity index (χ2v) is 5.80. The van der Waals surface area contributed by atoms with Gasteiger partial charge >= 0.3 is 7.12 Å². The summed E-state index contributed by atoms with van der Waals surface area (Å²) < 4.78 is 16.3. The number of rotatable bonds is 6. The summed E-state index contributed by atoms with van der Waals surface area (Å²) in [6, 6.07) is 3.91. The predicted octanol–water partition coefficient (Wildman–Crippen LogP) is 2.54. The molecule has 0 saturated carbocycles. The molecule has 2 aromatic heterocycles. The molecule has 0 amide bonds. The van der Waals surface area contributed by atoms with Crippen LogP contribution in [0.15, 0.2) is 30.7 Å². The van der Waals surface area contributed by atoms with Crippen molar-refractivity contribution in [1.29, 1.82) is 0 Å². The standard InChI is InChI=1S/C17H21BN2O4/c1-3-4-23-16-6-15(20-10-17(16)22-2)13-5-12(8-19-9-13)14-7-18(21)24-11-14/h5-6,8-10,14,21H,3-4,7,11H2,1-2H3/t14-/m1/s1. The van der Waals surface area contributed by atoms with Gasteiger partial charge in [-0.25, -0.2) is 0 Å². The lowest BCUT2D eigenvalue weighted by atomic mass is 9.80. The first-order valence-corrected chi connectivity index (χ1v) is 8.13. The summed E-state index contributed by atoms with van der Waals surface area (Å²) in [6.45, 7) is 3.18. The molecular weight excluding hydrogens is 307 g/mol. The molecule has 24 heavy (non-hydrogen) atoms. The Balaban J connectivity index is 1.88. The molecular formula is C17H21BN2O4. The third-order valence-corrected chi connectivity index (χ3v) is 4.02. The van der Waals surface area contributed by atoms with Crippen molar-refractivity contribution in [3.8, 4) is 22.8 Å². The van der Waals surface area contributed by atoms with E-state index in [1.54, 1.807) is 19.5 Å². The molecule has 0 unspecified atom stereocenters. The molecule has 0 bridgehead atoms. The van der Waals surface area contributed by atoms with E-state index in [-0.39, 0.29) is 5.92 Å². The summed E-state index contributed by atoms with van der Waals surface area (Å²) in [6.07, 6.45) is 6.76. The largest absolute Gasteiger partial charge is 0.491 e. The fraction of sp³-hybridized carbons (Fsp3) is 0.412. The van der Waals surface area contributed by atoms with Crippen molar-refractivity contribution >= 4 is 7.12 Å². The number of hydrogen-bond acceptors (Lipinski definition) is 6. The molecule has 0 radical (unpaired) electrons. The highest BCUT2D eigenvalue weighted by atomic mass is 16.5. The Hall–Kier alpha value is -2.12. The van der Waals surface area contributed by atoms with Gasteiger partial charge in [0.1, 0.15) is 0 Å². The van der Waals surface area contributed by atoms with Gasteiger partial charge in [0, 0.05) is 36.5 Å². The molecule has 1 atom stereocenters. The van der Waals surface area contributed by atoms with E-state index in [0.717, 1.165) is 23.2 Å². The Bertz CT molecular complexity index is 698. The lowest BCUT2D eigenvalue weighted by Crippen LogP contribution is -2.07. The Morgan fingerprint density at radius 2 is 2.17 bits per heavy atom. The van der Waals surface area contributed by atoms with Gasteiger partial charge in [-0.15, -0.1) is 0 Å². The van der Waals surface area contributed by atoms with Crippen LogP contribution >= 0.6 is 0 Å². The number of hydrogen-bond donors (Lipinski definition) is 1. The summed E-state index contributed by atoms with van der Waals surface area (Å²) in [5.74, 6) is 1.44. The minimum absolute atomic E-state index is 0.154.